The van der Waals surface area contributed by atoms with E-state index in [9.17, 15) is 22.8 Å². The summed E-state index contributed by atoms with van der Waals surface area (Å²) >= 11 is 0. The standard InChI is InChI=1S/C18H20F3N3O3/c1-4-6-7-27-17(26)24-14(5-2)11-8-12-15(9-13(11)18(19,20)21)22-10(3)23-16(12)25/h5,8-9,14H,2,4,6-7H2,1,3H3,(H,24,26)(H,22,23,25). The van der Waals surface area contributed by atoms with Gasteiger partial charge < -0.3 is 15.0 Å². The summed E-state index contributed by atoms with van der Waals surface area (Å²) < 4.78 is 45.6. The van der Waals surface area contributed by atoms with Gasteiger partial charge in [0.05, 0.1) is 29.1 Å². The third-order valence-electron chi connectivity index (χ3n) is 3.88. The smallest absolute Gasteiger partial charge is 0.416 e. The van der Waals surface area contributed by atoms with Gasteiger partial charge in [-0.1, -0.05) is 19.4 Å². The summed E-state index contributed by atoms with van der Waals surface area (Å²) in [5.74, 6) is 0.200. The molecule has 2 aromatic rings. The summed E-state index contributed by atoms with van der Waals surface area (Å²) in [5, 5.41) is 2.32. The van der Waals surface area contributed by atoms with Crippen LogP contribution in [0.25, 0.3) is 10.9 Å². The van der Waals surface area contributed by atoms with Crippen LogP contribution in [0.3, 0.4) is 0 Å². The van der Waals surface area contributed by atoms with Crippen molar-refractivity contribution < 1.29 is 22.7 Å². The number of amides is 1. The van der Waals surface area contributed by atoms with E-state index < -0.39 is 29.4 Å². The highest BCUT2D eigenvalue weighted by Gasteiger charge is 2.36. The number of aromatic amines is 1. The van der Waals surface area contributed by atoms with E-state index in [0.717, 1.165) is 24.6 Å². The van der Waals surface area contributed by atoms with Gasteiger partial charge in [-0.25, -0.2) is 9.78 Å². The number of rotatable bonds is 6. The molecule has 0 aliphatic rings. The molecule has 27 heavy (non-hydrogen) atoms. The number of fused-ring (bicyclic) bond motifs is 1. The van der Waals surface area contributed by atoms with Gasteiger partial charge in [-0.3, -0.25) is 4.79 Å². The maximum atomic E-state index is 13.6. The number of benzene rings is 1. The molecule has 1 unspecified atom stereocenters. The first kappa shape index (κ1) is 20.5. The SMILES string of the molecule is C=CC(NC(=O)OCCCC)c1cc2c(=O)[nH]c(C)nc2cc1C(F)(F)F. The number of hydrogen-bond donors (Lipinski definition) is 2. The van der Waals surface area contributed by atoms with Crippen LogP contribution in [0.5, 0.6) is 0 Å². The fraction of sp³-hybridized carbons (Fsp3) is 0.389. The number of nitrogens with one attached hydrogen (secondary N) is 2. The molecule has 1 heterocycles. The van der Waals surface area contributed by atoms with Crippen molar-refractivity contribution in [1.29, 1.82) is 0 Å². The Morgan fingerprint density at radius 2 is 2.15 bits per heavy atom. The molecule has 0 radical (unpaired) electrons. The number of aromatic nitrogens is 2. The van der Waals surface area contributed by atoms with Gasteiger partial charge in [-0.15, -0.1) is 6.58 Å². The summed E-state index contributed by atoms with van der Waals surface area (Å²) in [5.41, 5.74) is -1.97. The Bertz CT molecular complexity index is 906. The van der Waals surface area contributed by atoms with Crippen molar-refractivity contribution >= 4 is 17.0 Å². The van der Waals surface area contributed by atoms with E-state index in [1.165, 1.54) is 6.92 Å². The van der Waals surface area contributed by atoms with Gasteiger partial charge in [0.25, 0.3) is 5.56 Å². The third-order valence-corrected chi connectivity index (χ3v) is 3.88. The van der Waals surface area contributed by atoms with Gasteiger partial charge in [0, 0.05) is 0 Å². The largest absolute Gasteiger partial charge is 0.450 e. The first-order valence-corrected chi connectivity index (χ1v) is 8.35. The average molecular weight is 383 g/mol. The Labute approximate surface area is 153 Å². The predicted molar refractivity (Wildman–Crippen MR) is 94.4 cm³/mol. The predicted octanol–water partition coefficient (Wildman–Crippen LogP) is 4.00. The van der Waals surface area contributed by atoms with E-state index in [2.05, 4.69) is 21.9 Å². The van der Waals surface area contributed by atoms with Crippen LogP contribution in [0.1, 0.15) is 42.8 Å². The van der Waals surface area contributed by atoms with Crippen molar-refractivity contribution in [2.24, 2.45) is 0 Å². The molecule has 1 amide bonds. The maximum absolute atomic E-state index is 13.6. The molecular weight excluding hydrogens is 363 g/mol. The summed E-state index contributed by atoms with van der Waals surface area (Å²) in [6, 6.07) is 0.677. The molecule has 0 spiro atoms. The fourth-order valence-electron chi connectivity index (χ4n) is 2.56. The lowest BCUT2D eigenvalue weighted by molar-refractivity contribution is -0.138. The van der Waals surface area contributed by atoms with Gasteiger partial charge in [0.2, 0.25) is 0 Å². The monoisotopic (exact) mass is 383 g/mol. The molecule has 2 N–H and O–H groups in total. The fourth-order valence-corrected chi connectivity index (χ4v) is 2.56. The maximum Gasteiger partial charge on any atom is 0.416 e. The van der Waals surface area contributed by atoms with Crippen molar-refractivity contribution in [3.05, 3.63) is 52.1 Å². The van der Waals surface area contributed by atoms with Crippen LogP contribution < -0.4 is 10.9 Å². The normalized spacial score (nSPS) is 12.6. The Balaban J connectivity index is 2.51. The quantitative estimate of drug-likeness (QED) is 0.583. The van der Waals surface area contributed by atoms with Gasteiger partial charge in [-0.2, -0.15) is 13.2 Å². The Hall–Kier alpha value is -2.84. The number of alkyl carbamates (subject to hydrolysis) is 1. The Morgan fingerprint density at radius 1 is 1.44 bits per heavy atom. The van der Waals surface area contributed by atoms with Crippen molar-refractivity contribution in [2.75, 3.05) is 6.61 Å². The molecule has 0 saturated heterocycles. The highest BCUT2D eigenvalue weighted by molar-refractivity contribution is 5.80. The van der Waals surface area contributed by atoms with E-state index >= 15 is 0 Å². The van der Waals surface area contributed by atoms with Gasteiger partial charge in [0.1, 0.15) is 5.82 Å². The molecule has 1 atom stereocenters. The summed E-state index contributed by atoms with van der Waals surface area (Å²) in [6.45, 7) is 7.02. The van der Waals surface area contributed by atoms with E-state index in [0.29, 0.717) is 6.42 Å². The van der Waals surface area contributed by atoms with Crippen LogP contribution in [0, 0.1) is 6.92 Å². The lowest BCUT2D eigenvalue weighted by Gasteiger charge is -2.20. The number of H-pyrrole nitrogens is 1. The van der Waals surface area contributed by atoms with Crippen LogP contribution in [-0.2, 0) is 10.9 Å². The number of carbonyl (C=O) groups is 1. The zero-order valence-corrected chi connectivity index (χ0v) is 14.9. The van der Waals surface area contributed by atoms with Crippen LogP contribution in [0.4, 0.5) is 18.0 Å². The number of halogens is 3. The number of hydrogen-bond acceptors (Lipinski definition) is 4. The summed E-state index contributed by atoms with van der Waals surface area (Å²) in [6.07, 6.45) is -2.99. The zero-order chi connectivity index (χ0) is 20.2. The van der Waals surface area contributed by atoms with Gasteiger partial charge in [0.15, 0.2) is 0 Å². The van der Waals surface area contributed by atoms with Crippen molar-refractivity contribution in [3.63, 3.8) is 0 Å². The second-order valence-electron chi connectivity index (χ2n) is 5.95. The van der Waals surface area contributed by atoms with E-state index in [4.69, 9.17) is 4.74 Å². The summed E-state index contributed by atoms with van der Waals surface area (Å²) in [7, 11) is 0. The van der Waals surface area contributed by atoms with Crippen molar-refractivity contribution in [2.45, 2.75) is 38.9 Å². The van der Waals surface area contributed by atoms with E-state index in [-0.39, 0.29) is 28.9 Å². The Kier molecular flexibility index (Phi) is 6.24. The number of alkyl halides is 3. The average Bonchev–Trinajstić information content (AvgIpc) is 2.58. The molecule has 9 heteroatoms. The second-order valence-corrected chi connectivity index (χ2v) is 5.95. The summed E-state index contributed by atoms with van der Waals surface area (Å²) in [4.78, 5) is 30.4. The second kappa shape index (κ2) is 8.24. The minimum atomic E-state index is -4.71. The van der Waals surface area contributed by atoms with Gasteiger partial charge >= 0.3 is 12.3 Å². The van der Waals surface area contributed by atoms with Crippen LogP contribution in [0.2, 0.25) is 0 Å². The molecule has 0 aliphatic carbocycles. The van der Waals surface area contributed by atoms with Crippen LogP contribution >= 0.6 is 0 Å². The minimum absolute atomic E-state index is 0.0170. The molecule has 0 saturated carbocycles. The number of unbranched alkanes of at least 4 members (excludes halogenated alkanes) is 1. The molecule has 0 bridgehead atoms. The lowest BCUT2D eigenvalue weighted by atomic mass is 9.97. The van der Waals surface area contributed by atoms with Crippen LogP contribution in [-0.4, -0.2) is 22.7 Å². The molecule has 1 aromatic carbocycles. The zero-order valence-electron chi connectivity index (χ0n) is 14.9. The van der Waals surface area contributed by atoms with Crippen molar-refractivity contribution in [1.82, 2.24) is 15.3 Å². The number of carbonyl (C=O) groups excluding carboxylic acids is 1. The third kappa shape index (κ3) is 4.87. The molecule has 146 valence electrons. The topological polar surface area (TPSA) is 84.1 Å². The first-order valence-electron chi connectivity index (χ1n) is 8.35. The van der Waals surface area contributed by atoms with Crippen molar-refractivity contribution in [3.8, 4) is 0 Å². The first-order chi connectivity index (χ1) is 12.7. The van der Waals surface area contributed by atoms with E-state index in [1.54, 1.807) is 0 Å². The molecule has 0 aliphatic heterocycles. The highest BCUT2D eigenvalue weighted by atomic mass is 19.4. The molecule has 6 nitrogen and oxygen atoms in total. The highest BCUT2D eigenvalue weighted by Crippen LogP contribution is 2.36. The lowest BCUT2D eigenvalue weighted by Crippen LogP contribution is -2.30. The minimum Gasteiger partial charge on any atom is -0.450 e. The Morgan fingerprint density at radius 3 is 2.74 bits per heavy atom. The molecular formula is C18H20F3N3O3. The number of aryl methyl sites for hydroxylation is 1. The molecule has 2 rings (SSSR count). The molecule has 0 fully saturated rings. The van der Waals surface area contributed by atoms with Crippen LogP contribution in [0.15, 0.2) is 29.6 Å². The number of nitrogens with zero attached hydrogens (tertiary/aromatic N) is 1. The van der Waals surface area contributed by atoms with Gasteiger partial charge in [-0.05, 0) is 31.0 Å². The van der Waals surface area contributed by atoms with E-state index in [1.807, 2.05) is 6.92 Å². The number of ether oxygens (including phenoxy) is 1. The molecule has 1 aromatic heterocycles.